The molecule has 3 aromatic rings. The molecule has 3 heterocycles. The average Bonchev–Trinajstić information content (AvgIpc) is 3.58. The van der Waals surface area contributed by atoms with Crippen LogP contribution in [0.5, 0.6) is 0 Å². The Morgan fingerprint density at radius 3 is 2.40 bits per heavy atom. The Balaban J connectivity index is 1.15. The van der Waals surface area contributed by atoms with Gasteiger partial charge in [-0.05, 0) is 69.4 Å². The van der Waals surface area contributed by atoms with Crippen LogP contribution in [0, 0.1) is 13.8 Å². The van der Waals surface area contributed by atoms with Crippen LogP contribution in [0.25, 0.3) is 0 Å². The number of likely N-dealkylation sites (tertiary alicyclic amines) is 1. The lowest BCUT2D eigenvalue weighted by Gasteiger charge is -2.38. The number of carbonyl (C=O) groups excluding carboxylic acids is 3. The fourth-order valence-electron chi connectivity index (χ4n) is 6.01. The summed E-state index contributed by atoms with van der Waals surface area (Å²) >= 11 is 0. The lowest BCUT2D eigenvalue weighted by Crippen LogP contribution is -2.47. The van der Waals surface area contributed by atoms with Gasteiger partial charge in [-0.1, -0.05) is 17.7 Å². The van der Waals surface area contributed by atoms with Gasteiger partial charge in [0.15, 0.2) is 11.6 Å². The minimum atomic E-state index is -0.362. The minimum absolute atomic E-state index is 0.188. The van der Waals surface area contributed by atoms with Gasteiger partial charge in [0.25, 0.3) is 11.8 Å². The highest BCUT2D eigenvalue weighted by molar-refractivity contribution is 6.06. The van der Waals surface area contributed by atoms with E-state index >= 15 is 0 Å². The van der Waals surface area contributed by atoms with E-state index in [1.54, 1.807) is 6.07 Å². The van der Waals surface area contributed by atoms with E-state index in [-0.39, 0.29) is 23.4 Å². The standard InChI is InChI=1S/C33H40N6O4/c1-22-6-10-28(23(2)19-22)37-15-17-38(18-16-37)29-11-9-25(31(41)34-12-4-14-39-13-3-5-30(39)40)20-26(29)35-32(42)27-21-43-33(36-27)24-7-8-24/h6,9-11,19-21,24H,3-5,7-8,12-18H2,1-2H3,(H,34,41)(H,35,42). The average molecular weight is 585 g/mol. The van der Waals surface area contributed by atoms with Crippen LogP contribution in [-0.2, 0) is 4.79 Å². The molecule has 1 aromatic heterocycles. The Kier molecular flexibility index (Phi) is 8.35. The molecule has 0 spiro atoms. The normalized spacial score (nSPS) is 17.0. The van der Waals surface area contributed by atoms with Gasteiger partial charge >= 0.3 is 0 Å². The Morgan fingerprint density at radius 2 is 1.70 bits per heavy atom. The van der Waals surface area contributed by atoms with Crippen molar-refractivity contribution in [2.45, 2.75) is 51.9 Å². The predicted octanol–water partition coefficient (Wildman–Crippen LogP) is 4.49. The van der Waals surface area contributed by atoms with Crippen LogP contribution in [0.2, 0.25) is 0 Å². The SMILES string of the molecule is Cc1ccc(N2CCN(c3ccc(C(=O)NCCCN4CCCC4=O)cc3NC(=O)c3coc(C4CC4)n3)CC2)c(C)c1. The van der Waals surface area contributed by atoms with Crippen LogP contribution in [0.3, 0.4) is 0 Å². The van der Waals surface area contributed by atoms with E-state index in [2.05, 4.69) is 57.5 Å². The third-order valence-corrected chi connectivity index (χ3v) is 8.56. The third-order valence-electron chi connectivity index (χ3n) is 8.56. The summed E-state index contributed by atoms with van der Waals surface area (Å²) in [5, 5.41) is 5.99. The highest BCUT2D eigenvalue weighted by Gasteiger charge is 2.30. The summed E-state index contributed by atoms with van der Waals surface area (Å²) in [5.74, 6) is 0.525. The number of carbonyl (C=O) groups is 3. The summed E-state index contributed by atoms with van der Waals surface area (Å²) in [6, 6.07) is 12.0. The van der Waals surface area contributed by atoms with Crippen molar-refractivity contribution in [1.82, 2.24) is 15.2 Å². The Labute approximate surface area is 252 Å². The van der Waals surface area contributed by atoms with Crippen molar-refractivity contribution < 1.29 is 18.8 Å². The molecule has 1 saturated carbocycles. The van der Waals surface area contributed by atoms with E-state index in [1.807, 2.05) is 17.0 Å². The molecule has 0 unspecified atom stereocenters. The number of hydrogen-bond acceptors (Lipinski definition) is 7. The zero-order chi connectivity index (χ0) is 29.9. The summed E-state index contributed by atoms with van der Waals surface area (Å²) in [7, 11) is 0. The second kappa shape index (κ2) is 12.5. The molecule has 43 heavy (non-hydrogen) atoms. The van der Waals surface area contributed by atoms with E-state index in [0.29, 0.717) is 49.0 Å². The minimum Gasteiger partial charge on any atom is -0.448 e. The van der Waals surface area contributed by atoms with Gasteiger partial charge in [-0.15, -0.1) is 0 Å². The fraction of sp³-hybridized carbons (Fsp3) is 0.455. The van der Waals surface area contributed by atoms with Gasteiger partial charge < -0.3 is 29.8 Å². The molecule has 3 fully saturated rings. The number of rotatable bonds is 10. The zero-order valence-electron chi connectivity index (χ0n) is 25.0. The van der Waals surface area contributed by atoms with Crippen LogP contribution >= 0.6 is 0 Å². The fourth-order valence-corrected chi connectivity index (χ4v) is 6.01. The maximum atomic E-state index is 13.3. The van der Waals surface area contributed by atoms with Gasteiger partial charge in [0.1, 0.15) is 6.26 Å². The molecule has 3 amide bonds. The van der Waals surface area contributed by atoms with Gasteiger partial charge in [0.05, 0.1) is 11.4 Å². The molecule has 6 rings (SSSR count). The molecule has 0 radical (unpaired) electrons. The first-order chi connectivity index (χ1) is 20.9. The molecule has 226 valence electrons. The first-order valence-corrected chi connectivity index (χ1v) is 15.4. The van der Waals surface area contributed by atoms with Crippen LogP contribution in [0.1, 0.15) is 75.9 Å². The maximum Gasteiger partial charge on any atom is 0.277 e. The summed E-state index contributed by atoms with van der Waals surface area (Å²) in [6.07, 6.45) is 5.69. The first kappa shape index (κ1) is 28.8. The van der Waals surface area contributed by atoms with Crippen molar-refractivity contribution in [3.8, 4) is 0 Å². The van der Waals surface area contributed by atoms with Crippen molar-refractivity contribution in [3.63, 3.8) is 0 Å². The van der Waals surface area contributed by atoms with E-state index in [0.717, 1.165) is 57.7 Å². The maximum absolute atomic E-state index is 13.3. The smallest absolute Gasteiger partial charge is 0.277 e. The van der Waals surface area contributed by atoms with Crippen LogP contribution in [0.15, 0.2) is 47.1 Å². The lowest BCUT2D eigenvalue weighted by atomic mass is 10.1. The molecule has 1 aliphatic carbocycles. The van der Waals surface area contributed by atoms with Crippen LogP contribution < -0.4 is 20.4 Å². The Morgan fingerprint density at radius 1 is 0.953 bits per heavy atom. The number of nitrogens with zero attached hydrogens (tertiary/aromatic N) is 4. The van der Waals surface area contributed by atoms with Crippen LogP contribution in [0.4, 0.5) is 17.1 Å². The first-order valence-electron chi connectivity index (χ1n) is 15.4. The zero-order valence-corrected chi connectivity index (χ0v) is 25.0. The third kappa shape index (κ3) is 6.68. The van der Waals surface area contributed by atoms with E-state index in [9.17, 15) is 14.4 Å². The molecule has 2 aromatic carbocycles. The van der Waals surface area contributed by atoms with E-state index < -0.39 is 0 Å². The molecular formula is C33H40N6O4. The number of oxazole rings is 1. The highest BCUT2D eigenvalue weighted by atomic mass is 16.3. The molecule has 2 saturated heterocycles. The molecule has 0 atom stereocenters. The predicted molar refractivity (Wildman–Crippen MR) is 166 cm³/mol. The molecule has 0 bridgehead atoms. The van der Waals surface area contributed by atoms with Gasteiger partial charge in [0.2, 0.25) is 5.91 Å². The van der Waals surface area contributed by atoms with Gasteiger partial charge in [-0.3, -0.25) is 14.4 Å². The van der Waals surface area contributed by atoms with Crippen molar-refractivity contribution in [1.29, 1.82) is 0 Å². The largest absolute Gasteiger partial charge is 0.448 e. The Bertz CT molecular complexity index is 1500. The summed E-state index contributed by atoms with van der Waals surface area (Å²) in [4.78, 5) is 49.1. The highest BCUT2D eigenvalue weighted by Crippen LogP contribution is 2.39. The molecular weight excluding hydrogens is 544 g/mol. The van der Waals surface area contributed by atoms with E-state index in [1.165, 1.54) is 23.1 Å². The van der Waals surface area contributed by atoms with Gasteiger partial charge in [-0.2, -0.15) is 0 Å². The van der Waals surface area contributed by atoms with Gasteiger partial charge in [-0.25, -0.2) is 4.98 Å². The van der Waals surface area contributed by atoms with Crippen molar-refractivity contribution in [3.05, 3.63) is 70.9 Å². The molecule has 2 N–H and O–H groups in total. The number of nitrogens with one attached hydrogen (secondary N) is 2. The molecule has 2 aliphatic heterocycles. The van der Waals surface area contributed by atoms with Gasteiger partial charge in [0, 0.05) is 69.4 Å². The van der Waals surface area contributed by atoms with Crippen molar-refractivity contribution in [2.75, 3.05) is 60.9 Å². The quantitative estimate of drug-likeness (QED) is 0.338. The molecule has 3 aliphatic rings. The number of amides is 3. The topological polar surface area (TPSA) is 111 Å². The van der Waals surface area contributed by atoms with Crippen molar-refractivity contribution in [2.24, 2.45) is 0 Å². The second-order valence-corrected chi connectivity index (χ2v) is 11.9. The van der Waals surface area contributed by atoms with E-state index in [4.69, 9.17) is 4.42 Å². The number of hydrogen-bond donors (Lipinski definition) is 2. The Hall–Kier alpha value is -4.34. The second-order valence-electron chi connectivity index (χ2n) is 11.9. The number of benzene rings is 2. The summed E-state index contributed by atoms with van der Waals surface area (Å²) < 4.78 is 5.55. The van der Waals surface area contributed by atoms with Crippen LogP contribution in [-0.4, -0.2) is 73.4 Å². The summed E-state index contributed by atoms with van der Waals surface area (Å²) in [5.41, 5.74) is 5.89. The van der Waals surface area contributed by atoms with Crippen molar-refractivity contribution >= 4 is 34.8 Å². The molecule has 10 heteroatoms. The number of aromatic nitrogens is 1. The molecule has 10 nitrogen and oxygen atoms in total. The number of aryl methyl sites for hydroxylation is 2. The number of piperazine rings is 1. The summed E-state index contributed by atoms with van der Waals surface area (Å²) in [6.45, 7) is 9.39. The lowest BCUT2D eigenvalue weighted by molar-refractivity contribution is -0.127. The monoisotopic (exact) mass is 584 g/mol. The number of anilines is 3.